The van der Waals surface area contributed by atoms with Crippen LogP contribution in [0.1, 0.15) is 12.5 Å². The quantitative estimate of drug-likeness (QED) is 0.772. The molecule has 1 saturated heterocycles. The highest BCUT2D eigenvalue weighted by molar-refractivity contribution is 5.67. The number of carbonyl (C=O) groups excluding carboxylic acids is 1. The maximum absolute atomic E-state index is 12.7. The van der Waals surface area contributed by atoms with Gasteiger partial charge in [0.15, 0.2) is 0 Å². The van der Waals surface area contributed by atoms with Crippen molar-refractivity contribution in [3.05, 3.63) is 35.6 Å². The molecule has 1 amide bonds. The van der Waals surface area contributed by atoms with Crippen LogP contribution in [-0.2, 0) is 16.1 Å². The number of likely N-dealkylation sites (N-methyl/N-ethyl adjacent to an activating group) is 1. The first-order valence-electron chi connectivity index (χ1n) is 5.75. The lowest BCUT2D eigenvalue weighted by molar-refractivity contribution is 0.0964. The summed E-state index contributed by atoms with van der Waals surface area (Å²) >= 11 is 0. The Kier molecular flexibility index (Phi) is 3.52. The molecule has 1 heterocycles. The second-order valence-corrected chi connectivity index (χ2v) is 4.78. The van der Waals surface area contributed by atoms with E-state index in [1.807, 2.05) is 6.92 Å². The second kappa shape index (κ2) is 4.94. The summed E-state index contributed by atoms with van der Waals surface area (Å²) in [4.78, 5) is 13.1. The Bertz CT molecular complexity index is 428. The molecule has 1 aliphatic rings. The van der Waals surface area contributed by atoms with Gasteiger partial charge in [-0.15, -0.1) is 0 Å². The highest BCUT2D eigenvalue weighted by Gasteiger charge is 2.41. The van der Waals surface area contributed by atoms with Crippen molar-refractivity contribution < 1.29 is 18.7 Å². The summed E-state index contributed by atoms with van der Waals surface area (Å²) in [6.45, 7) is 3.26. The maximum atomic E-state index is 12.7. The van der Waals surface area contributed by atoms with Crippen LogP contribution in [-0.4, -0.2) is 36.8 Å². The summed E-state index contributed by atoms with van der Waals surface area (Å²) < 4.78 is 23.0. The molecule has 0 saturated carbocycles. The van der Waals surface area contributed by atoms with Crippen LogP contribution in [0, 0.1) is 5.82 Å². The van der Waals surface area contributed by atoms with Gasteiger partial charge in [0.25, 0.3) is 0 Å². The topological polar surface area (TPSA) is 42.1 Å². The van der Waals surface area contributed by atoms with E-state index < -0.39 is 6.09 Å². The molecule has 98 valence electrons. The molecule has 0 spiro atoms. The van der Waals surface area contributed by atoms with Gasteiger partial charge in [-0.2, -0.15) is 0 Å². The molecule has 1 aliphatic heterocycles. The third-order valence-electron chi connectivity index (χ3n) is 2.80. The predicted octanol–water partition coefficient (Wildman–Crippen LogP) is 2.18. The van der Waals surface area contributed by atoms with Crippen molar-refractivity contribution in [2.45, 2.75) is 19.1 Å². The number of carbonyl (C=O) groups is 1. The van der Waals surface area contributed by atoms with Crippen LogP contribution in [0.25, 0.3) is 0 Å². The minimum atomic E-state index is -0.406. The zero-order chi connectivity index (χ0) is 13.2. The van der Waals surface area contributed by atoms with E-state index in [4.69, 9.17) is 9.47 Å². The van der Waals surface area contributed by atoms with Crippen LogP contribution < -0.4 is 0 Å². The molecule has 0 radical (unpaired) electrons. The molecule has 1 unspecified atom stereocenters. The van der Waals surface area contributed by atoms with Crippen molar-refractivity contribution in [2.75, 3.05) is 20.2 Å². The van der Waals surface area contributed by atoms with Crippen LogP contribution in [0.4, 0.5) is 9.18 Å². The van der Waals surface area contributed by atoms with Gasteiger partial charge in [0.05, 0.1) is 13.2 Å². The fourth-order valence-corrected chi connectivity index (χ4v) is 1.62. The SMILES string of the molecule is CN(CC1(C)CO1)C(=O)OCc1ccc(F)cc1. The lowest BCUT2D eigenvalue weighted by Gasteiger charge is -2.18. The van der Waals surface area contributed by atoms with Crippen LogP contribution in [0.2, 0.25) is 0 Å². The Hall–Kier alpha value is -1.62. The fraction of sp³-hybridized carbons (Fsp3) is 0.462. The first kappa shape index (κ1) is 12.8. The fourth-order valence-electron chi connectivity index (χ4n) is 1.62. The van der Waals surface area contributed by atoms with Crippen LogP contribution >= 0.6 is 0 Å². The lowest BCUT2D eigenvalue weighted by atomic mass is 10.2. The van der Waals surface area contributed by atoms with Crippen molar-refractivity contribution in [3.8, 4) is 0 Å². The Morgan fingerprint density at radius 3 is 2.67 bits per heavy atom. The molecule has 5 heteroatoms. The molecule has 0 N–H and O–H groups in total. The highest BCUT2D eigenvalue weighted by Crippen LogP contribution is 2.26. The second-order valence-electron chi connectivity index (χ2n) is 4.78. The van der Waals surface area contributed by atoms with E-state index in [2.05, 4.69) is 0 Å². The Morgan fingerprint density at radius 2 is 2.11 bits per heavy atom. The molecule has 1 fully saturated rings. The summed E-state index contributed by atoms with van der Waals surface area (Å²) in [5.74, 6) is -0.305. The number of amides is 1. The van der Waals surface area contributed by atoms with Crippen molar-refractivity contribution in [1.82, 2.24) is 4.90 Å². The summed E-state index contributed by atoms with van der Waals surface area (Å²) in [6.07, 6.45) is -0.406. The van der Waals surface area contributed by atoms with Gasteiger partial charge in [-0.05, 0) is 24.6 Å². The number of halogens is 1. The molecule has 2 rings (SSSR count). The molecule has 1 aromatic carbocycles. The van der Waals surface area contributed by atoms with Gasteiger partial charge in [-0.3, -0.25) is 0 Å². The van der Waals surface area contributed by atoms with E-state index in [-0.39, 0.29) is 18.0 Å². The largest absolute Gasteiger partial charge is 0.445 e. The van der Waals surface area contributed by atoms with Gasteiger partial charge in [-0.25, -0.2) is 9.18 Å². The van der Waals surface area contributed by atoms with Crippen LogP contribution in [0.3, 0.4) is 0 Å². The molecule has 1 aromatic rings. The zero-order valence-corrected chi connectivity index (χ0v) is 10.5. The van der Waals surface area contributed by atoms with Gasteiger partial charge in [0, 0.05) is 7.05 Å². The Labute approximate surface area is 105 Å². The molecule has 18 heavy (non-hydrogen) atoms. The lowest BCUT2D eigenvalue weighted by Crippen LogP contribution is -2.35. The normalized spacial score (nSPS) is 21.5. The number of benzene rings is 1. The van der Waals surface area contributed by atoms with E-state index in [0.717, 1.165) is 5.56 Å². The van der Waals surface area contributed by atoms with E-state index in [1.54, 1.807) is 19.2 Å². The maximum Gasteiger partial charge on any atom is 0.409 e. The van der Waals surface area contributed by atoms with E-state index >= 15 is 0 Å². The van der Waals surface area contributed by atoms with Crippen molar-refractivity contribution in [3.63, 3.8) is 0 Å². The standard InChI is InChI=1S/C13H16FNO3/c1-13(9-18-13)8-15(2)12(16)17-7-10-3-5-11(14)6-4-10/h3-6H,7-9H2,1-2H3. The predicted molar refractivity (Wildman–Crippen MR) is 63.6 cm³/mol. The number of rotatable bonds is 4. The highest BCUT2D eigenvalue weighted by atomic mass is 19.1. The summed E-state index contributed by atoms with van der Waals surface area (Å²) in [6, 6.07) is 5.86. The number of ether oxygens (including phenoxy) is 2. The minimum Gasteiger partial charge on any atom is -0.445 e. The Balaban J connectivity index is 1.78. The number of nitrogens with zero attached hydrogens (tertiary/aromatic N) is 1. The smallest absolute Gasteiger partial charge is 0.409 e. The number of hydrogen-bond acceptors (Lipinski definition) is 3. The summed E-state index contributed by atoms with van der Waals surface area (Å²) in [5, 5.41) is 0. The molecule has 4 nitrogen and oxygen atoms in total. The molecular weight excluding hydrogens is 237 g/mol. The van der Waals surface area contributed by atoms with Crippen molar-refractivity contribution in [2.24, 2.45) is 0 Å². The average molecular weight is 253 g/mol. The van der Waals surface area contributed by atoms with E-state index in [0.29, 0.717) is 13.2 Å². The number of hydrogen-bond donors (Lipinski definition) is 0. The molecule has 0 aromatic heterocycles. The van der Waals surface area contributed by atoms with Crippen molar-refractivity contribution >= 4 is 6.09 Å². The van der Waals surface area contributed by atoms with E-state index in [9.17, 15) is 9.18 Å². The monoisotopic (exact) mass is 253 g/mol. The molecule has 1 atom stereocenters. The van der Waals surface area contributed by atoms with E-state index in [1.165, 1.54) is 17.0 Å². The van der Waals surface area contributed by atoms with Gasteiger partial charge < -0.3 is 14.4 Å². The van der Waals surface area contributed by atoms with Gasteiger partial charge >= 0.3 is 6.09 Å². The van der Waals surface area contributed by atoms with Gasteiger partial charge in [0.2, 0.25) is 0 Å². The first-order valence-corrected chi connectivity index (χ1v) is 5.75. The average Bonchev–Trinajstić information content (AvgIpc) is 3.05. The van der Waals surface area contributed by atoms with Crippen LogP contribution in [0.5, 0.6) is 0 Å². The number of epoxide rings is 1. The minimum absolute atomic E-state index is 0.140. The van der Waals surface area contributed by atoms with Gasteiger partial charge in [0.1, 0.15) is 18.0 Å². The van der Waals surface area contributed by atoms with Gasteiger partial charge in [-0.1, -0.05) is 12.1 Å². The zero-order valence-electron chi connectivity index (χ0n) is 10.5. The Morgan fingerprint density at radius 1 is 1.50 bits per heavy atom. The van der Waals surface area contributed by atoms with Crippen molar-refractivity contribution in [1.29, 1.82) is 0 Å². The molecular formula is C13H16FNO3. The summed E-state index contributed by atoms with van der Waals surface area (Å²) in [5.41, 5.74) is 0.538. The first-order chi connectivity index (χ1) is 8.48. The molecule has 0 aliphatic carbocycles. The molecule has 0 bridgehead atoms. The third kappa shape index (κ3) is 3.43. The third-order valence-corrected chi connectivity index (χ3v) is 2.80. The van der Waals surface area contributed by atoms with Crippen LogP contribution in [0.15, 0.2) is 24.3 Å². The summed E-state index contributed by atoms with van der Waals surface area (Å²) in [7, 11) is 1.67.